The first kappa shape index (κ1) is 21.5. The first-order valence-corrected chi connectivity index (χ1v) is 11.2. The van der Waals surface area contributed by atoms with E-state index in [4.69, 9.17) is 16.3 Å². The van der Waals surface area contributed by atoms with Crippen LogP contribution in [0.15, 0.2) is 42.7 Å². The van der Waals surface area contributed by atoms with Crippen LogP contribution in [0.5, 0.6) is 0 Å². The number of anilines is 2. The van der Waals surface area contributed by atoms with Gasteiger partial charge >= 0.3 is 0 Å². The predicted octanol–water partition coefficient (Wildman–Crippen LogP) is 2.82. The number of fused-ring (bicyclic) bond motifs is 1. The molecule has 1 aliphatic heterocycles. The van der Waals surface area contributed by atoms with Gasteiger partial charge in [-0.2, -0.15) is 10.1 Å². The van der Waals surface area contributed by atoms with Crippen LogP contribution in [0, 0.1) is 0 Å². The van der Waals surface area contributed by atoms with Gasteiger partial charge in [0.2, 0.25) is 11.9 Å². The fourth-order valence-corrected chi connectivity index (χ4v) is 3.84. The molecule has 10 nitrogen and oxygen atoms in total. The molecular formula is C22H24ClN9O. The van der Waals surface area contributed by atoms with E-state index in [1.54, 1.807) is 12.4 Å². The number of nitrogens with zero attached hydrogens (tertiary/aromatic N) is 6. The van der Waals surface area contributed by atoms with Crippen LogP contribution in [-0.4, -0.2) is 74.4 Å². The van der Waals surface area contributed by atoms with Gasteiger partial charge in [-0.05, 0) is 17.7 Å². The van der Waals surface area contributed by atoms with Gasteiger partial charge in [0.25, 0.3) is 0 Å². The van der Waals surface area contributed by atoms with Crippen LogP contribution in [0.25, 0.3) is 22.4 Å². The average Bonchev–Trinajstić information content (AvgIpc) is 3.28. The minimum Gasteiger partial charge on any atom is -0.379 e. The van der Waals surface area contributed by atoms with Gasteiger partial charge in [-0.15, -0.1) is 0 Å². The molecule has 1 aromatic carbocycles. The largest absolute Gasteiger partial charge is 0.379 e. The first-order chi connectivity index (χ1) is 16.3. The smallest absolute Gasteiger partial charge is 0.224 e. The molecule has 5 rings (SSSR count). The van der Waals surface area contributed by atoms with Crippen molar-refractivity contribution >= 4 is 34.5 Å². The third-order valence-electron chi connectivity index (χ3n) is 5.43. The maximum Gasteiger partial charge on any atom is 0.224 e. The quantitative estimate of drug-likeness (QED) is 0.361. The lowest BCUT2D eigenvalue weighted by Gasteiger charge is -2.26. The minimum absolute atomic E-state index is 0.498. The summed E-state index contributed by atoms with van der Waals surface area (Å²) in [7, 11) is 0. The molecule has 33 heavy (non-hydrogen) atoms. The fraction of sp³-hybridized carbons (Fsp3) is 0.318. The maximum atomic E-state index is 6.23. The van der Waals surface area contributed by atoms with Crippen LogP contribution in [0.3, 0.4) is 0 Å². The number of aromatic amines is 1. The van der Waals surface area contributed by atoms with Crippen LogP contribution in [-0.2, 0) is 11.3 Å². The number of morpholine rings is 1. The molecule has 3 N–H and O–H groups in total. The van der Waals surface area contributed by atoms with Gasteiger partial charge in [0.1, 0.15) is 0 Å². The molecule has 1 fully saturated rings. The van der Waals surface area contributed by atoms with Crippen molar-refractivity contribution in [1.82, 2.24) is 35.0 Å². The molecule has 0 amide bonds. The monoisotopic (exact) mass is 465 g/mol. The number of hydrogen-bond acceptors (Lipinski definition) is 9. The van der Waals surface area contributed by atoms with Crippen molar-refractivity contribution in [3.05, 3.63) is 53.3 Å². The van der Waals surface area contributed by atoms with Crippen molar-refractivity contribution < 1.29 is 4.74 Å². The van der Waals surface area contributed by atoms with Gasteiger partial charge in [0.05, 0.1) is 30.0 Å². The van der Waals surface area contributed by atoms with Gasteiger partial charge in [-0.25, -0.2) is 15.0 Å². The van der Waals surface area contributed by atoms with E-state index in [0.717, 1.165) is 56.0 Å². The molecule has 0 unspecified atom stereocenters. The third kappa shape index (κ3) is 5.19. The van der Waals surface area contributed by atoms with Crippen LogP contribution in [0.4, 0.5) is 11.9 Å². The average molecular weight is 466 g/mol. The molecule has 11 heteroatoms. The summed E-state index contributed by atoms with van der Waals surface area (Å²) in [6.45, 7) is 5.70. The Hall–Kier alpha value is -3.34. The molecule has 0 bridgehead atoms. The summed E-state index contributed by atoms with van der Waals surface area (Å²) in [5.74, 6) is 1.05. The molecule has 170 valence electrons. The van der Waals surface area contributed by atoms with E-state index < -0.39 is 0 Å². The zero-order chi connectivity index (χ0) is 22.5. The van der Waals surface area contributed by atoms with E-state index in [-0.39, 0.29) is 0 Å². The molecule has 1 saturated heterocycles. The molecule has 0 aliphatic carbocycles. The van der Waals surface area contributed by atoms with E-state index in [9.17, 15) is 0 Å². The van der Waals surface area contributed by atoms with E-state index >= 15 is 0 Å². The van der Waals surface area contributed by atoms with Crippen molar-refractivity contribution in [3.63, 3.8) is 0 Å². The third-order valence-corrected chi connectivity index (χ3v) is 5.80. The van der Waals surface area contributed by atoms with Crippen molar-refractivity contribution in [3.8, 4) is 11.4 Å². The Kier molecular flexibility index (Phi) is 6.56. The van der Waals surface area contributed by atoms with Crippen molar-refractivity contribution in [2.75, 3.05) is 50.0 Å². The number of nitrogens with one attached hydrogen (secondary N) is 3. The normalized spacial score (nSPS) is 14.5. The zero-order valence-electron chi connectivity index (χ0n) is 18.0. The van der Waals surface area contributed by atoms with Crippen molar-refractivity contribution in [1.29, 1.82) is 0 Å². The topological polar surface area (TPSA) is 117 Å². The number of halogens is 1. The molecular weight excluding hydrogens is 442 g/mol. The highest BCUT2D eigenvalue weighted by Gasteiger charge is 2.14. The Bertz CT molecular complexity index is 1230. The highest BCUT2D eigenvalue weighted by atomic mass is 35.5. The second-order valence-electron chi connectivity index (χ2n) is 7.62. The molecule has 0 radical (unpaired) electrons. The molecule has 0 saturated carbocycles. The number of benzene rings is 1. The SMILES string of the molecule is Clc1ccccc1CNc1nccc(-c2[nH]nc3nc(NCCN4CCOCC4)ncc23)n1. The lowest BCUT2D eigenvalue weighted by Crippen LogP contribution is -2.39. The molecule has 0 spiro atoms. The highest BCUT2D eigenvalue weighted by molar-refractivity contribution is 6.31. The number of H-pyrrole nitrogens is 1. The standard InChI is InChI=1S/C22H24ClN9O/c23-17-4-2-1-3-15(17)13-26-21-24-6-5-18(28-21)19-16-14-27-22(29-20(16)31-30-19)25-7-8-32-9-11-33-12-10-32/h1-6,14H,7-13H2,(H,24,26,28)(H2,25,27,29,30,31). The van der Waals surface area contributed by atoms with Crippen LogP contribution in [0.1, 0.15) is 5.56 Å². The summed E-state index contributed by atoms with van der Waals surface area (Å²) in [5.41, 5.74) is 3.00. The summed E-state index contributed by atoms with van der Waals surface area (Å²) in [6, 6.07) is 9.49. The lowest BCUT2D eigenvalue weighted by molar-refractivity contribution is 0.0398. The van der Waals surface area contributed by atoms with Gasteiger partial charge < -0.3 is 15.4 Å². The van der Waals surface area contributed by atoms with Crippen molar-refractivity contribution in [2.45, 2.75) is 6.54 Å². The molecule has 0 atom stereocenters. The summed E-state index contributed by atoms with van der Waals surface area (Å²) >= 11 is 6.23. The summed E-state index contributed by atoms with van der Waals surface area (Å²) in [5, 5.41) is 15.4. The lowest BCUT2D eigenvalue weighted by atomic mass is 10.2. The minimum atomic E-state index is 0.498. The fourth-order valence-electron chi connectivity index (χ4n) is 3.63. The Morgan fingerprint density at radius 2 is 1.88 bits per heavy atom. The van der Waals surface area contributed by atoms with E-state index in [1.165, 1.54) is 0 Å². The second-order valence-corrected chi connectivity index (χ2v) is 8.03. The molecule has 1 aliphatic rings. The molecule has 4 heterocycles. The number of ether oxygens (including phenoxy) is 1. The Labute approximate surface area is 195 Å². The Morgan fingerprint density at radius 1 is 1.03 bits per heavy atom. The second kappa shape index (κ2) is 10.1. The van der Waals surface area contributed by atoms with Gasteiger partial charge in [0.15, 0.2) is 5.65 Å². The van der Waals surface area contributed by atoms with Crippen molar-refractivity contribution in [2.24, 2.45) is 0 Å². The summed E-state index contributed by atoms with van der Waals surface area (Å²) in [4.78, 5) is 20.3. The summed E-state index contributed by atoms with van der Waals surface area (Å²) < 4.78 is 5.38. The number of rotatable bonds is 8. The maximum absolute atomic E-state index is 6.23. The Balaban J connectivity index is 1.26. The number of hydrogen-bond donors (Lipinski definition) is 3. The zero-order valence-corrected chi connectivity index (χ0v) is 18.7. The van der Waals surface area contributed by atoms with E-state index in [2.05, 4.69) is 45.7 Å². The van der Waals surface area contributed by atoms with E-state index in [1.807, 2.05) is 30.3 Å². The Morgan fingerprint density at radius 3 is 2.76 bits per heavy atom. The summed E-state index contributed by atoms with van der Waals surface area (Å²) in [6.07, 6.45) is 3.46. The van der Waals surface area contributed by atoms with Crippen LogP contribution >= 0.6 is 11.6 Å². The van der Waals surface area contributed by atoms with Crippen LogP contribution in [0.2, 0.25) is 5.02 Å². The van der Waals surface area contributed by atoms with Gasteiger partial charge in [-0.3, -0.25) is 10.00 Å². The molecule has 4 aromatic rings. The van der Waals surface area contributed by atoms with Gasteiger partial charge in [0, 0.05) is 50.1 Å². The first-order valence-electron chi connectivity index (χ1n) is 10.8. The number of aromatic nitrogens is 6. The highest BCUT2D eigenvalue weighted by Crippen LogP contribution is 2.24. The predicted molar refractivity (Wildman–Crippen MR) is 127 cm³/mol. The van der Waals surface area contributed by atoms with Crippen LogP contribution < -0.4 is 10.6 Å². The molecule has 3 aromatic heterocycles. The van der Waals surface area contributed by atoms with E-state index in [0.29, 0.717) is 34.8 Å². The van der Waals surface area contributed by atoms with Gasteiger partial charge in [-0.1, -0.05) is 29.8 Å².